The van der Waals surface area contributed by atoms with Gasteiger partial charge in [-0.1, -0.05) is 18.9 Å². The second-order valence-electron chi connectivity index (χ2n) is 7.76. The molecule has 1 aliphatic carbocycles. The second kappa shape index (κ2) is 9.78. The van der Waals surface area contributed by atoms with Gasteiger partial charge in [0, 0.05) is 39.8 Å². The Morgan fingerprint density at radius 1 is 1.32 bits per heavy atom. The SMILES string of the molecule is C=CCNC(=O)N1CCN(C(C(=O)N(C)Cc2ccco2)C2CCCC2)CC1. The molecule has 1 saturated carbocycles. The van der Waals surface area contributed by atoms with Crippen LogP contribution in [0.4, 0.5) is 4.79 Å². The zero-order valence-corrected chi connectivity index (χ0v) is 16.8. The first-order valence-electron chi connectivity index (χ1n) is 10.2. The first-order chi connectivity index (χ1) is 13.6. The fraction of sp³-hybridized carbons (Fsp3) is 0.619. The minimum absolute atomic E-state index is 0.0572. The van der Waals surface area contributed by atoms with E-state index in [1.54, 1.807) is 17.2 Å². The molecule has 1 aromatic rings. The summed E-state index contributed by atoms with van der Waals surface area (Å²) in [6.45, 7) is 7.32. The van der Waals surface area contributed by atoms with Gasteiger partial charge in [0.1, 0.15) is 5.76 Å². The van der Waals surface area contributed by atoms with Crippen molar-refractivity contribution in [1.82, 2.24) is 20.0 Å². The number of urea groups is 1. The molecule has 0 spiro atoms. The Hall–Kier alpha value is -2.28. The fourth-order valence-electron chi connectivity index (χ4n) is 4.34. The smallest absolute Gasteiger partial charge is 0.317 e. The lowest BCUT2D eigenvalue weighted by Crippen LogP contribution is -2.59. The number of carbonyl (C=O) groups excluding carboxylic acids is 2. The Bertz CT molecular complexity index is 647. The van der Waals surface area contributed by atoms with E-state index < -0.39 is 0 Å². The summed E-state index contributed by atoms with van der Waals surface area (Å²) >= 11 is 0. The highest BCUT2D eigenvalue weighted by Gasteiger charge is 2.38. The van der Waals surface area contributed by atoms with Crippen LogP contribution >= 0.6 is 0 Å². The van der Waals surface area contributed by atoms with Crippen molar-refractivity contribution in [2.45, 2.75) is 38.3 Å². The lowest BCUT2D eigenvalue weighted by Gasteiger charge is -2.41. The molecule has 1 N–H and O–H groups in total. The van der Waals surface area contributed by atoms with Crippen LogP contribution in [-0.4, -0.2) is 72.5 Å². The van der Waals surface area contributed by atoms with Gasteiger partial charge in [0.05, 0.1) is 18.8 Å². The van der Waals surface area contributed by atoms with E-state index in [-0.39, 0.29) is 18.0 Å². The molecule has 7 heteroatoms. The summed E-state index contributed by atoms with van der Waals surface area (Å²) in [4.78, 5) is 31.4. The van der Waals surface area contributed by atoms with Gasteiger partial charge in [0.25, 0.3) is 0 Å². The van der Waals surface area contributed by atoms with Gasteiger partial charge in [0.15, 0.2) is 0 Å². The number of nitrogens with zero attached hydrogens (tertiary/aromatic N) is 3. The van der Waals surface area contributed by atoms with Crippen LogP contribution in [0.3, 0.4) is 0 Å². The monoisotopic (exact) mass is 388 g/mol. The Balaban J connectivity index is 1.63. The standard InChI is InChI=1S/C21H32N4O3/c1-3-10-22-21(27)25-13-11-24(12-14-25)19(17-7-4-5-8-17)20(26)23(2)16-18-9-6-15-28-18/h3,6,9,15,17,19H,1,4-5,7-8,10-14,16H2,2H3,(H,22,27). The zero-order valence-electron chi connectivity index (χ0n) is 16.8. The molecule has 28 heavy (non-hydrogen) atoms. The third-order valence-corrected chi connectivity index (χ3v) is 5.84. The van der Waals surface area contributed by atoms with Crippen LogP contribution in [-0.2, 0) is 11.3 Å². The Morgan fingerprint density at radius 3 is 2.64 bits per heavy atom. The zero-order chi connectivity index (χ0) is 19.9. The lowest BCUT2D eigenvalue weighted by molar-refractivity contribution is -0.139. The minimum atomic E-state index is -0.110. The van der Waals surface area contributed by atoms with Crippen molar-refractivity contribution in [3.63, 3.8) is 0 Å². The molecular weight excluding hydrogens is 356 g/mol. The van der Waals surface area contributed by atoms with Gasteiger partial charge in [-0.15, -0.1) is 6.58 Å². The van der Waals surface area contributed by atoms with E-state index in [1.165, 1.54) is 12.8 Å². The lowest BCUT2D eigenvalue weighted by atomic mass is 9.94. The topological polar surface area (TPSA) is 69.0 Å². The maximum Gasteiger partial charge on any atom is 0.317 e. The van der Waals surface area contributed by atoms with Crippen molar-refractivity contribution in [2.75, 3.05) is 39.8 Å². The molecule has 0 radical (unpaired) electrons. The summed E-state index contributed by atoms with van der Waals surface area (Å²) in [6, 6.07) is 3.58. The molecule has 2 heterocycles. The number of amides is 3. The van der Waals surface area contributed by atoms with Crippen LogP contribution in [0.15, 0.2) is 35.5 Å². The normalized spacial score (nSPS) is 19.4. The van der Waals surface area contributed by atoms with Crippen molar-refractivity contribution in [3.8, 4) is 0 Å². The number of hydrogen-bond donors (Lipinski definition) is 1. The molecule has 7 nitrogen and oxygen atoms in total. The van der Waals surface area contributed by atoms with Crippen molar-refractivity contribution >= 4 is 11.9 Å². The van der Waals surface area contributed by atoms with E-state index in [0.717, 1.165) is 31.7 Å². The van der Waals surface area contributed by atoms with Crippen molar-refractivity contribution in [3.05, 3.63) is 36.8 Å². The van der Waals surface area contributed by atoms with Gasteiger partial charge in [-0.2, -0.15) is 0 Å². The molecule has 0 aromatic carbocycles. The molecular formula is C21H32N4O3. The largest absolute Gasteiger partial charge is 0.467 e. The quantitative estimate of drug-likeness (QED) is 0.728. The van der Waals surface area contributed by atoms with Crippen LogP contribution in [0.1, 0.15) is 31.4 Å². The number of piperazine rings is 1. The van der Waals surface area contributed by atoms with E-state index in [2.05, 4.69) is 16.8 Å². The molecule has 2 fully saturated rings. The van der Waals surface area contributed by atoms with Crippen LogP contribution in [0.2, 0.25) is 0 Å². The molecule has 3 amide bonds. The maximum atomic E-state index is 13.4. The van der Waals surface area contributed by atoms with Crippen LogP contribution in [0.25, 0.3) is 0 Å². The highest BCUT2D eigenvalue weighted by molar-refractivity contribution is 5.82. The first-order valence-corrected chi connectivity index (χ1v) is 10.2. The van der Waals surface area contributed by atoms with Gasteiger partial charge >= 0.3 is 6.03 Å². The van der Waals surface area contributed by atoms with E-state index in [4.69, 9.17) is 4.42 Å². The van der Waals surface area contributed by atoms with Gasteiger partial charge in [-0.3, -0.25) is 9.69 Å². The predicted octanol–water partition coefficient (Wildman–Crippen LogP) is 2.31. The summed E-state index contributed by atoms with van der Waals surface area (Å²) in [5.74, 6) is 1.35. The third-order valence-electron chi connectivity index (χ3n) is 5.84. The molecule has 154 valence electrons. The van der Waals surface area contributed by atoms with Crippen LogP contribution in [0, 0.1) is 5.92 Å². The van der Waals surface area contributed by atoms with Gasteiger partial charge < -0.3 is 19.5 Å². The average molecular weight is 389 g/mol. The number of rotatable bonds is 7. The Kier molecular flexibility index (Phi) is 7.14. The molecule has 1 aliphatic heterocycles. The van der Waals surface area contributed by atoms with E-state index in [1.807, 2.05) is 24.1 Å². The van der Waals surface area contributed by atoms with Crippen LogP contribution in [0.5, 0.6) is 0 Å². The Morgan fingerprint density at radius 2 is 2.04 bits per heavy atom. The minimum Gasteiger partial charge on any atom is -0.467 e. The van der Waals surface area contributed by atoms with E-state index in [0.29, 0.717) is 32.1 Å². The van der Waals surface area contributed by atoms with Crippen molar-refractivity contribution in [2.24, 2.45) is 5.92 Å². The highest BCUT2D eigenvalue weighted by Crippen LogP contribution is 2.32. The van der Waals surface area contributed by atoms with E-state index >= 15 is 0 Å². The average Bonchev–Trinajstić information content (AvgIpc) is 3.41. The first kappa shape index (κ1) is 20.5. The van der Waals surface area contributed by atoms with E-state index in [9.17, 15) is 9.59 Å². The summed E-state index contributed by atoms with van der Waals surface area (Å²) in [6.07, 6.45) is 7.91. The maximum absolute atomic E-state index is 13.4. The highest BCUT2D eigenvalue weighted by atomic mass is 16.3. The molecule has 1 aromatic heterocycles. The van der Waals surface area contributed by atoms with Crippen LogP contribution < -0.4 is 5.32 Å². The van der Waals surface area contributed by atoms with Crippen molar-refractivity contribution in [1.29, 1.82) is 0 Å². The second-order valence-corrected chi connectivity index (χ2v) is 7.76. The summed E-state index contributed by atoms with van der Waals surface area (Å²) in [5.41, 5.74) is 0. The van der Waals surface area contributed by atoms with Crippen molar-refractivity contribution < 1.29 is 14.0 Å². The molecule has 0 bridgehead atoms. The van der Waals surface area contributed by atoms with Gasteiger partial charge in [-0.05, 0) is 30.9 Å². The number of furan rings is 1. The molecule has 3 rings (SSSR count). The fourth-order valence-corrected chi connectivity index (χ4v) is 4.34. The molecule has 2 aliphatic rings. The summed E-state index contributed by atoms with van der Waals surface area (Å²) in [5, 5.41) is 2.83. The molecule has 1 saturated heterocycles. The Labute approximate surface area is 167 Å². The molecule has 1 atom stereocenters. The number of likely N-dealkylation sites (N-methyl/N-ethyl adjacent to an activating group) is 1. The number of hydrogen-bond acceptors (Lipinski definition) is 4. The number of nitrogens with one attached hydrogen (secondary N) is 1. The van der Waals surface area contributed by atoms with Gasteiger partial charge in [-0.25, -0.2) is 4.79 Å². The summed E-state index contributed by atoms with van der Waals surface area (Å²) < 4.78 is 5.41. The number of carbonyl (C=O) groups is 2. The van der Waals surface area contributed by atoms with Gasteiger partial charge in [0.2, 0.25) is 5.91 Å². The third kappa shape index (κ3) is 4.95. The molecule has 1 unspecified atom stereocenters. The predicted molar refractivity (Wildman–Crippen MR) is 108 cm³/mol. The summed E-state index contributed by atoms with van der Waals surface area (Å²) in [7, 11) is 1.85.